The van der Waals surface area contributed by atoms with E-state index in [1.54, 1.807) is 24.5 Å². The molecule has 1 heterocycles. The van der Waals surface area contributed by atoms with Crippen molar-refractivity contribution in [2.45, 2.75) is 6.42 Å². The van der Waals surface area contributed by atoms with E-state index in [2.05, 4.69) is 15.9 Å². The first-order chi connectivity index (χ1) is 8.20. The maximum atomic E-state index is 12.1. The summed E-state index contributed by atoms with van der Waals surface area (Å²) < 4.78 is 5.93. The smallest absolute Gasteiger partial charge is 0.169 e. The van der Waals surface area contributed by atoms with Crippen molar-refractivity contribution in [2.24, 2.45) is 0 Å². The molecule has 0 fully saturated rings. The molecule has 0 saturated carbocycles. The predicted octanol–water partition coefficient (Wildman–Crippen LogP) is 3.94. The molecule has 17 heavy (non-hydrogen) atoms. The topological polar surface area (TPSA) is 26.3 Å². The van der Waals surface area contributed by atoms with Crippen LogP contribution in [0.5, 0.6) is 5.75 Å². The molecule has 0 unspecified atom stereocenters. The van der Waals surface area contributed by atoms with Crippen LogP contribution in [0.25, 0.3) is 0 Å². The molecule has 0 atom stereocenters. The van der Waals surface area contributed by atoms with Crippen molar-refractivity contribution in [3.8, 4) is 5.75 Å². The Morgan fingerprint density at radius 3 is 2.88 bits per heavy atom. The van der Waals surface area contributed by atoms with Gasteiger partial charge in [0.25, 0.3) is 0 Å². The molecular formula is C13H11BrO2S. The zero-order valence-corrected chi connectivity index (χ0v) is 11.7. The lowest BCUT2D eigenvalue weighted by Gasteiger charge is -2.05. The van der Waals surface area contributed by atoms with Gasteiger partial charge in [0.05, 0.1) is 7.11 Å². The molecule has 0 spiro atoms. The van der Waals surface area contributed by atoms with Gasteiger partial charge in [-0.2, -0.15) is 0 Å². The van der Waals surface area contributed by atoms with Crippen LogP contribution in [0.15, 0.2) is 40.2 Å². The Balaban J connectivity index is 2.24. The maximum absolute atomic E-state index is 12.1. The minimum atomic E-state index is 0.0956. The number of halogens is 1. The number of thiophene rings is 1. The van der Waals surface area contributed by atoms with E-state index < -0.39 is 0 Å². The van der Waals surface area contributed by atoms with Crippen molar-refractivity contribution in [3.63, 3.8) is 0 Å². The lowest BCUT2D eigenvalue weighted by atomic mass is 10.1. The third kappa shape index (κ3) is 2.96. The number of hydrogen-bond donors (Lipinski definition) is 0. The van der Waals surface area contributed by atoms with Gasteiger partial charge in [0.2, 0.25) is 0 Å². The van der Waals surface area contributed by atoms with Gasteiger partial charge in [-0.25, -0.2) is 0 Å². The lowest BCUT2D eigenvalue weighted by Crippen LogP contribution is -2.03. The molecule has 1 aromatic carbocycles. The number of ketones is 1. The monoisotopic (exact) mass is 310 g/mol. The summed E-state index contributed by atoms with van der Waals surface area (Å²) in [4.78, 5) is 13.2. The average Bonchev–Trinajstić information content (AvgIpc) is 2.82. The van der Waals surface area contributed by atoms with Crippen molar-refractivity contribution in [1.29, 1.82) is 0 Å². The third-order valence-electron chi connectivity index (χ3n) is 2.39. The van der Waals surface area contributed by atoms with E-state index in [-0.39, 0.29) is 5.78 Å². The first-order valence-electron chi connectivity index (χ1n) is 5.10. The van der Waals surface area contributed by atoms with Gasteiger partial charge in [-0.1, -0.05) is 22.0 Å². The largest absolute Gasteiger partial charge is 0.497 e. The summed E-state index contributed by atoms with van der Waals surface area (Å²) in [5.41, 5.74) is 0.665. The average molecular weight is 311 g/mol. The first-order valence-corrected chi connectivity index (χ1v) is 6.77. The zero-order chi connectivity index (χ0) is 12.3. The van der Waals surface area contributed by atoms with Gasteiger partial charge in [0, 0.05) is 21.3 Å². The van der Waals surface area contributed by atoms with Crippen LogP contribution in [0.1, 0.15) is 15.2 Å². The second-order valence-corrected chi connectivity index (χ2v) is 5.41. The molecule has 0 N–H and O–H groups in total. The number of carbonyl (C=O) groups excluding carboxylic acids is 1. The highest BCUT2D eigenvalue weighted by Crippen LogP contribution is 2.24. The standard InChI is InChI=1S/C13H11BrO2S/c1-16-9-4-5-12(14)11(7-9)13(15)8-10-3-2-6-17-10/h2-7H,8H2,1H3. The molecule has 2 rings (SSSR count). The third-order valence-corrected chi connectivity index (χ3v) is 3.96. The van der Waals surface area contributed by atoms with E-state index in [0.717, 1.165) is 9.35 Å². The molecule has 2 nitrogen and oxygen atoms in total. The molecule has 2 aromatic rings. The van der Waals surface area contributed by atoms with Crippen LogP contribution in [-0.4, -0.2) is 12.9 Å². The van der Waals surface area contributed by atoms with Gasteiger partial charge >= 0.3 is 0 Å². The molecule has 0 bridgehead atoms. The molecule has 1 aromatic heterocycles. The quantitative estimate of drug-likeness (QED) is 0.799. The highest BCUT2D eigenvalue weighted by Gasteiger charge is 2.12. The minimum Gasteiger partial charge on any atom is -0.497 e. The Labute approximate surface area is 112 Å². The maximum Gasteiger partial charge on any atom is 0.169 e. The summed E-state index contributed by atoms with van der Waals surface area (Å²) in [7, 11) is 1.59. The van der Waals surface area contributed by atoms with E-state index >= 15 is 0 Å². The molecule has 88 valence electrons. The van der Waals surface area contributed by atoms with Crippen molar-refractivity contribution in [1.82, 2.24) is 0 Å². The summed E-state index contributed by atoms with van der Waals surface area (Å²) in [5.74, 6) is 0.793. The zero-order valence-electron chi connectivity index (χ0n) is 9.27. The van der Waals surface area contributed by atoms with Crippen LogP contribution in [0, 0.1) is 0 Å². The molecule has 0 aliphatic rings. The number of carbonyl (C=O) groups is 1. The summed E-state index contributed by atoms with van der Waals surface area (Å²) in [6.45, 7) is 0. The van der Waals surface area contributed by atoms with Gasteiger partial charge in [-0.15, -0.1) is 11.3 Å². The Kier molecular flexibility index (Phi) is 3.97. The molecule has 0 aliphatic carbocycles. The van der Waals surface area contributed by atoms with Gasteiger partial charge in [0.1, 0.15) is 5.75 Å². The number of hydrogen-bond acceptors (Lipinski definition) is 3. The van der Waals surface area contributed by atoms with Crippen molar-refractivity contribution < 1.29 is 9.53 Å². The number of methoxy groups -OCH3 is 1. The van der Waals surface area contributed by atoms with E-state index in [0.29, 0.717) is 17.7 Å². The first kappa shape index (κ1) is 12.3. The number of benzene rings is 1. The van der Waals surface area contributed by atoms with Crippen molar-refractivity contribution >= 4 is 33.0 Å². The van der Waals surface area contributed by atoms with E-state index in [1.807, 2.05) is 29.6 Å². The van der Waals surface area contributed by atoms with Crippen LogP contribution >= 0.6 is 27.3 Å². The second-order valence-electron chi connectivity index (χ2n) is 3.53. The Morgan fingerprint density at radius 1 is 1.41 bits per heavy atom. The van der Waals surface area contributed by atoms with Crippen LogP contribution in [0.3, 0.4) is 0 Å². The van der Waals surface area contributed by atoms with Gasteiger partial charge in [-0.05, 0) is 29.6 Å². The molecule has 4 heteroatoms. The van der Waals surface area contributed by atoms with Gasteiger partial charge in [0.15, 0.2) is 5.78 Å². The number of rotatable bonds is 4. The van der Waals surface area contributed by atoms with Crippen molar-refractivity contribution in [2.75, 3.05) is 7.11 Å². The van der Waals surface area contributed by atoms with Crippen LogP contribution < -0.4 is 4.74 Å². The van der Waals surface area contributed by atoms with E-state index in [4.69, 9.17) is 4.74 Å². The van der Waals surface area contributed by atoms with Crippen molar-refractivity contribution in [3.05, 3.63) is 50.6 Å². The van der Waals surface area contributed by atoms with Crippen LogP contribution in [-0.2, 0) is 6.42 Å². The fraction of sp³-hybridized carbons (Fsp3) is 0.154. The second kappa shape index (κ2) is 5.47. The SMILES string of the molecule is COc1ccc(Br)c(C(=O)Cc2cccs2)c1. The Bertz CT molecular complexity index is 520. The molecule has 0 radical (unpaired) electrons. The Hall–Kier alpha value is -1.13. The molecular weight excluding hydrogens is 300 g/mol. The molecule has 0 saturated heterocycles. The van der Waals surface area contributed by atoms with Crippen LogP contribution in [0.4, 0.5) is 0 Å². The highest BCUT2D eigenvalue weighted by atomic mass is 79.9. The molecule has 0 aliphatic heterocycles. The predicted molar refractivity (Wildman–Crippen MR) is 73.0 cm³/mol. The summed E-state index contributed by atoms with van der Waals surface area (Å²) >= 11 is 4.99. The van der Waals surface area contributed by atoms with E-state index in [1.165, 1.54) is 0 Å². The summed E-state index contributed by atoms with van der Waals surface area (Å²) in [5, 5.41) is 1.98. The van der Waals surface area contributed by atoms with E-state index in [9.17, 15) is 4.79 Å². The normalized spacial score (nSPS) is 10.2. The molecule has 0 amide bonds. The Morgan fingerprint density at radius 2 is 2.24 bits per heavy atom. The number of Topliss-reactive ketones (excluding diaryl/α,β-unsaturated/α-hetero) is 1. The van der Waals surface area contributed by atoms with Gasteiger partial charge in [-0.3, -0.25) is 4.79 Å². The number of ether oxygens (including phenoxy) is 1. The minimum absolute atomic E-state index is 0.0956. The highest BCUT2D eigenvalue weighted by molar-refractivity contribution is 9.10. The summed E-state index contributed by atoms with van der Waals surface area (Å²) in [6.07, 6.45) is 0.434. The van der Waals surface area contributed by atoms with Gasteiger partial charge < -0.3 is 4.74 Å². The fourth-order valence-corrected chi connectivity index (χ4v) is 2.68. The van der Waals surface area contributed by atoms with Crippen LogP contribution in [0.2, 0.25) is 0 Å². The lowest BCUT2D eigenvalue weighted by molar-refractivity contribution is 0.0992. The summed E-state index contributed by atoms with van der Waals surface area (Å²) in [6, 6.07) is 9.34. The fourth-order valence-electron chi connectivity index (χ4n) is 1.51.